The molecule has 1 aromatic carbocycles. The molecule has 0 atom stereocenters. The fourth-order valence-corrected chi connectivity index (χ4v) is 3.28. The number of alkyl halides is 3. The van der Waals surface area contributed by atoms with Gasteiger partial charge >= 0.3 is 6.18 Å². The van der Waals surface area contributed by atoms with Gasteiger partial charge in [-0.3, -0.25) is 4.79 Å². The van der Waals surface area contributed by atoms with E-state index in [0.717, 1.165) is 36.6 Å². The number of amides is 1. The van der Waals surface area contributed by atoms with Crippen molar-refractivity contribution in [1.29, 1.82) is 0 Å². The number of fused-ring (bicyclic) bond motifs is 1. The average Bonchev–Trinajstić information content (AvgIpc) is 2.73. The maximum atomic E-state index is 12.7. The van der Waals surface area contributed by atoms with Crippen LogP contribution in [0, 0.1) is 0 Å². The lowest BCUT2D eigenvalue weighted by Gasteiger charge is -2.29. The van der Waals surface area contributed by atoms with Crippen molar-refractivity contribution in [1.82, 2.24) is 14.9 Å². The second-order valence-corrected chi connectivity index (χ2v) is 7.17. The largest absolute Gasteiger partial charge is 0.439 e. The third kappa shape index (κ3) is 4.35. The SMILES string of the molecule is NC1CCN(C(=O)c2ccc3cc(Oc4ccc(C(F)(F)F)cn4)ccc3n2)CC1. The molecule has 2 aromatic heterocycles. The summed E-state index contributed by atoms with van der Waals surface area (Å²) in [5.41, 5.74) is 6.01. The van der Waals surface area contributed by atoms with E-state index in [1.54, 1.807) is 35.2 Å². The van der Waals surface area contributed by atoms with E-state index in [1.165, 1.54) is 0 Å². The topological polar surface area (TPSA) is 81.3 Å². The first-order valence-corrected chi connectivity index (χ1v) is 9.46. The van der Waals surface area contributed by atoms with Crippen LogP contribution in [0.5, 0.6) is 11.6 Å². The Bertz CT molecular complexity index is 1060. The number of carbonyl (C=O) groups is 1. The van der Waals surface area contributed by atoms with E-state index in [0.29, 0.717) is 30.0 Å². The number of rotatable bonds is 3. The molecule has 0 saturated carbocycles. The van der Waals surface area contributed by atoms with Gasteiger partial charge in [0.1, 0.15) is 11.4 Å². The van der Waals surface area contributed by atoms with Crippen molar-refractivity contribution >= 4 is 16.8 Å². The second-order valence-electron chi connectivity index (χ2n) is 7.17. The van der Waals surface area contributed by atoms with Gasteiger partial charge in [0.05, 0.1) is 11.1 Å². The number of nitrogens with two attached hydrogens (primary N) is 1. The number of ether oxygens (including phenoxy) is 1. The molecule has 0 unspecified atom stereocenters. The molecule has 1 aliphatic rings. The molecule has 0 aliphatic carbocycles. The third-order valence-electron chi connectivity index (χ3n) is 4.99. The van der Waals surface area contributed by atoms with Crippen molar-refractivity contribution in [3.05, 3.63) is 59.9 Å². The maximum absolute atomic E-state index is 12.7. The van der Waals surface area contributed by atoms with E-state index in [2.05, 4.69) is 9.97 Å². The summed E-state index contributed by atoms with van der Waals surface area (Å²) in [4.78, 5) is 22.6. The highest BCUT2D eigenvalue weighted by Crippen LogP contribution is 2.30. The second kappa shape index (κ2) is 7.91. The number of hydrogen-bond acceptors (Lipinski definition) is 5. The first-order valence-electron chi connectivity index (χ1n) is 9.46. The van der Waals surface area contributed by atoms with Crippen molar-refractivity contribution in [2.75, 3.05) is 13.1 Å². The van der Waals surface area contributed by atoms with E-state index in [-0.39, 0.29) is 17.8 Å². The number of pyridine rings is 2. The molecule has 156 valence electrons. The Labute approximate surface area is 170 Å². The Morgan fingerprint density at radius 2 is 1.87 bits per heavy atom. The summed E-state index contributed by atoms with van der Waals surface area (Å²) in [6.45, 7) is 1.24. The van der Waals surface area contributed by atoms with Gasteiger partial charge in [-0.25, -0.2) is 9.97 Å². The molecule has 1 fully saturated rings. The zero-order valence-corrected chi connectivity index (χ0v) is 15.9. The van der Waals surface area contributed by atoms with Gasteiger partial charge in [0.15, 0.2) is 0 Å². The van der Waals surface area contributed by atoms with Crippen molar-refractivity contribution < 1.29 is 22.7 Å². The van der Waals surface area contributed by atoms with Crippen LogP contribution in [0.1, 0.15) is 28.9 Å². The highest BCUT2D eigenvalue weighted by molar-refractivity contribution is 5.95. The number of nitrogens with zero attached hydrogens (tertiary/aromatic N) is 3. The monoisotopic (exact) mass is 416 g/mol. The lowest BCUT2D eigenvalue weighted by Crippen LogP contribution is -2.43. The van der Waals surface area contributed by atoms with Crippen molar-refractivity contribution in [2.45, 2.75) is 25.1 Å². The molecule has 1 aliphatic heterocycles. The van der Waals surface area contributed by atoms with Crippen LogP contribution >= 0.6 is 0 Å². The number of carbonyl (C=O) groups excluding carboxylic acids is 1. The van der Waals surface area contributed by atoms with Gasteiger partial charge in [-0.2, -0.15) is 13.2 Å². The number of likely N-dealkylation sites (tertiary alicyclic amines) is 1. The zero-order valence-electron chi connectivity index (χ0n) is 15.9. The van der Waals surface area contributed by atoms with E-state index in [4.69, 9.17) is 10.5 Å². The molecule has 3 aromatic rings. The van der Waals surface area contributed by atoms with Crippen LogP contribution in [0.25, 0.3) is 10.9 Å². The molecule has 1 amide bonds. The van der Waals surface area contributed by atoms with Gasteiger partial charge in [0.2, 0.25) is 5.88 Å². The van der Waals surface area contributed by atoms with Gasteiger partial charge in [0, 0.05) is 36.8 Å². The molecule has 30 heavy (non-hydrogen) atoms. The maximum Gasteiger partial charge on any atom is 0.417 e. The molecule has 4 rings (SSSR count). The van der Waals surface area contributed by atoms with Crippen LogP contribution < -0.4 is 10.5 Å². The summed E-state index contributed by atoms with van der Waals surface area (Å²) in [6, 6.07) is 10.6. The quantitative estimate of drug-likeness (QED) is 0.698. The summed E-state index contributed by atoms with van der Waals surface area (Å²) in [5.74, 6) is 0.323. The van der Waals surface area contributed by atoms with Crippen LogP contribution in [-0.2, 0) is 6.18 Å². The zero-order chi connectivity index (χ0) is 21.3. The molecule has 3 heterocycles. The smallest absolute Gasteiger partial charge is 0.417 e. The van der Waals surface area contributed by atoms with Crippen LogP contribution in [0.4, 0.5) is 13.2 Å². The molecule has 0 spiro atoms. The molecular weight excluding hydrogens is 397 g/mol. The standard InChI is InChI=1S/C21H19F3N4O2/c22-21(23,24)14-2-6-19(26-12-14)30-16-3-5-17-13(11-16)1-4-18(27-17)20(29)28-9-7-15(25)8-10-28/h1-6,11-12,15H,7-10,25H2. The number of hydrogen-bond donors (Lipinski definition) is 1. The third-order valence-corrected chi connectivity index (χ3v) is 4.99. The fourth-order valence-electron chi connectivity index (χ4n) is 3.28. The Hall–Kier alpha value is -3.20. The first kappa shape index (κ1) is 20.1. The van der Waals surface area contributed by atoms with E-state index in [9.17, 15) is 18.0 Å². The Morgan fingerprint density at radius 1 is 1.10 bits per heavy atom. The van der Waals surface area contributed by atoms with Gasteiger partial charge in [-0.15, -0.1) is 0 Å². The van der Waals surface area contributed by atoms with Gasteiger partial charge in [0.25, 0.3) is 5.91 Å². The number of aromatic nitrogens is 2. The van der Waals surface area contributed by atoms with Gasteiger partial charge < -0.3 is 15.4 Å². The molecule has 2 N–H and O–H groups in total. The Balaban J connectivity index is 1.50. The lowest BCUT2D eigenvalue weighted by atomic mass is 10.1. The Kier molecular flexibility index (Phi) is 5.29. The summed E-state index contributed by atoms with van der Waals surface area (Å²) >= 11 is 0. The van der Waals surface area contributed by atoms with Crippen molar-refractivity contribution in [3.8, 4) is 11.6 Å². The first-order chi connectivity index (χ1) is 14.3. The van der Waals surface area contributed by atoms with Crippen LogP contribution in [-0.4, -0.2) is 39.9 Å². The normalized spacial score (nSPS) is 15.4. The van der Waals surface area contributed by atoms with Gasteiger partial charge in [-0.1, -0.05) is 6.07 Å². The number of piperidine rings is 1. The molecule has 0 bridgehead atoms. The van der Waals surface area contributed by atoms with Crippen molar-refractivity contribution in [3.63, 3.8) is 0 Å². The minimum Gasteiger partial charge on any atom is -0.439 e. The summed E-state index contributed by atoms with van der Waals surface area (Å²) in [6.07, 6.45) is -2.17. The van der Waals surface area contributed by atoms with E-state index < -0.39 is 11.7 Å². The predicted molar refractivity (Wildman–Crippen MR) is 104 cm³/mol. The Morgan fingerprint density at radius 3 is 2.53 bits per heavy atom. The number of halogens is 3. The summed E-state index contributed by atoms with van der Waals surface area (Å²) < 4.78 is 43.4. The van der Waals surface area contributed by atoms with Crippen molar-refractivity contribution in [2.24, 2.45) is 5.73 Å². The average molecular weight is 416 g/mol. The minimum absolute atomic E-state index is 0.0467. The lowest BCUT2D eigenvalue weighted by molar-refractivity contribution is -0.137. The van der Waals surface area contributed by atoms with E-state index >= 15 is 0 Å². The molecule has 6 nitrogen and oxygen atoms in total. The molecular formula is C21H19F3N4O2. The number of benzene rings is 1. The fraction of sp³-hybridized carbons (Fsp3) is 0.286. The highest BCUT2D eigenvalue weighted by atomic mass is 19.4. The van der Waals surface area contributed by atoms with Crippen LogP contribution in [0.2, 0.25) is 0 Å². The van der Waals surface area contributed by atoms with Crippen LogP contribution in [0.3, 0.4) is 0 Å². The minimum atomic E-state index is -4.45. The highest BCUT2D eigenvalue weighted by Gasteiger charge is 2.30. The molecule has 9 heteroatoms. The predicted octanol–water partition coefficient (Wildman–Crippen LogP) is 4.00. The van der Waals surface area contributed by atoms with Crippen LogP contribution in [0.15, 0.2) is 48.7 Å². The van der Waals surface area contributed by atoms with Gasteiger partial charge in [-0.05, 0) is 43.2 Å². The molecule has 1 saturated heterocycles. The summed E-state index contributed by atoms with van der Waals surface area (Å²) in [7, 11) is 0. The van der Waals surface area contributed by atoms with E-state index in [1.807, 2.05) is 0 Å². The molecule has 0 radical (unpaired) electrons. The summed E-state index contributed by atoms with van der Waals surface area (Å²) in [5, 5.41) is 0.733.